The predicted molar refractivity (Wildman–Crippen MR) is 33.2 cm³/mol. The first-order chi connectivity index (χ1) is 3.31. The van der Waals surface area contributed by atoms with Crippen molar-refractivity contribution in [2.24, 2.45) is 5.92 Å². The molecule has 0 radical (unpaired) electrons. The van der Waals surface area contributed by atoms with E-state index in [4.69, 9.17) is 0 Å². The fourth-order valence-electron chi connectivity index (χ4n) is 0.319. The molecular weight excluding hydrogens is 84.1 g/mol. The maximum absolute atomic E-state index is 3.47. The largest absolute Gasteiger partial charge is 0.133 e. The summed E-state index contributed by atoms with van der Waals surface area (Å²) in [5.41, 5.74) is 2.74. The van der Waals surface area contributed by atoms with Crippen molar-refractivity contribution >= 4 is 0 Å². The van der Waals surface area contributed by atoms with Crippen LogP contribution in [-0.2, 0) is 0 Å². The van der Waals surface area contributed by atoms with E-state index in [1.54, 1.807) is 0 Å². The third kappa shape index (κ3) is 3.35. The van der Waals surface area contributed by atoms with E-state index in [1.165, 1.54) is 6.42 Å². The summed E-state index contributed by atoms with van der Waals surface area (Å²) in [5.74, 6) is 0.650. The van der Waals surface area contributed by atoms with Crippen molar-refractivity contribution in [2.45, 2.75) is 20.3 Å². The van der Waals surface area contributed by atoms with Crippen molar-refractivity contribution in [1.29, 1.82) is 0 Å². The average Bonchev–Trinajstić information content (AvgIpc) is 1.68. The Hall–Kier alpha value is -0.480. The van der Waals surface area contributed by atoms with Gasteiger partial charge in [-0.3, -0.25) is 0 Å². The van der Waals surface area contributed by atoms with Crippen LogP contribution in [0.4, 0.5) is 0 Å². The Labute approximate surface area is 45.5 Å². The van der Waals surface area contributed by atoms with Gasteiger partial charge < -0.3 is 0 Å². The van der Waals surface area contributed by atoms with Crippen molar-refractivity contribution in [3.63, 3.8) is 0 Å². The predicted octanol–water partition coefficient (Wildman–Crippen LogP) is 2.37. The monoisotopic (exact) mass is 96.1 g/mol. The van der Waals surface area contributed by atoms with Gasteiger partial charge in [-0.1, -0.05) is 20.4 Å². The van der Waals surface area contributed by atoms with Gasteiger partial charge in [0.05, 0.1) is 0 Å². The number of allylic oxidation sites excluding steroid dienone is 1. The zero-order valence-corrected chi connectivity index (χ0v) is 5.07. The standard InChI is InChI=1S/C7H12/c1-4-6-7(3)5-2/h6-7H,1,5H2,2-3H3/t7-/m1/s1. The molecule has 0 saturated heterocycles. The SMILES string of the molecule is C=C=C[C@H](C)CC. The summed E-state index contributed by atoms with van der Waals surface area (Å²) in [6.45, 7) is 7.77. The Morgan fingerprint density at radius 3 is 2.57 bits per heavy atom. The van der Waals surface area contributed by atoms with E-state index >= 15 is 0 Å². The van der Waals surface area contributed by atoms with E-state index in [0.29, 0.717) is 5.92 Å². The zero-order valence-electron chi connectivity index (χ0n) is 5.07. The van der Waals surface area contributed by atoms with Gasteiger partial charge in [0, 0.05) is 0 Å². The lowest BCUT2D eigenvalue weighted by atomic mass is 10.1. The quantitative estimate of drug-likeness (QED) is 0.463. The highest BCUT2D eigenvalue weighted by Crippen LogP contribution is 1.98. The van der Waals surface area contributed by atoms with Gasteiger partial charge in [-0.25, -0.2) is 0 Å². The summed E-state index contributed by atoms with van der Waals surface area (Å²) in [6.07, 6.45) is 3.17. The minimum absolute atomic E-state index is 0.650. The lowest BCUT2D eigenvalue weighted by Gasteiger charge is -1.93. The van der Waals surface area contributed by atoms with Gasteiger partial charge in [-0.2, -0.15) is 0 Å². The Morgan fingerprint density at radius 1 is 1.86 bits per heavy atom. The first kappa shape index (κ1) is 6.52. The van der Waals surface area contributed by atoms with Gasteiger partial charge in [-0.05, 0) is 18.4 Å². The lowest BCUT2D eigenvalue weighted by molar-refractivity contribution is 0.699. The van der Waals surface area contributed by atoms with Crippen LogP contribution in [0, 0.1) is 5.92 Å². The van der Waals surface area contributed by atoms with Gasteiger partial charge in [0.15, 0.2) is 0 Å². The average molecular weight is 96.2 g/mol. The lowest BCUT2D eigenvalue weighted by Crippen LogP contribution is -1.81. The van der Waals surface area contributed by atoms with Crippen LogP contribution in [-0.4, -0.2) is 0 Å². The molecule has 0 unspecified atom stereocenters. The second kappa shape index (κ2) is 3.70. The van der Waals surface area contributed by atoms with Gasteiger partial charge in [-0.15, -0.1) is 5.73 Å². The van der Waals surface area contributed by atoms with Crippen molar-refractivity contribution in [3.8, 4) is 0 Å². The molecule has 0 aliphatic heterocycles. The summed E-state index contributed by atoms with van der Waals surface area (Å²) in [4.78, 5) is 0. The number of hydrogen-bond acceptors (Lipinski definition) is 0. The summed E-state index contributed by atoms with van der Waals surface area (Å²) < 4.78 is 0. The molecule has 0 aromatic heterocycles. The molecule has 1 atom stereocenters. The van der Waals surface area contributed by atoms with Crippen molar-refractivity contribution < 1.29 is 0 Å². The molecule has 0 N–H and O–H groups in total. The van der Waals surface area contributed by atoms with Gasteiger partial charge in [0.2, 0.25) is 0 Å². The second-order valence-electron chi connectivity index (χ2n) is 1.76. The molecule has 0 aromatic carbocycles. The van der Waals surface area contributed by atoms with E-state index in [-0.39, 0.29) is 0 Å². The van der Waals surface area contributed by atoms with Crippen molar-refractivity contribution in [2.75, 3.05) is 0 Å². The highest BCUT2D eigenvalue weighted by molar-refractivity contribution is 4.80. The third-order valence-electron chi connectivity index (χ3n) is 1.05. The van der Waals surface area contributed by atoms with Crippen LogP contribution in [0.15, 0.2) is 18.4 Å². The second-order valence-corrected chi connectivity index (χ2v) is 1.76. The Morgan fingerprint density at radius 2 is 2.43 bits per heavy atom. The molecule has 0 nitrogen and oxygen atoms in total. The fourth-order valence-corrected chi connectivity index (χ4v) is 0.319. The molecule has 0 heterocycles. The van der Waals surface area contributed by atoms with E-state index in [0.717, 1.165) is 0 Å². The third-order valence-corrected chi connectivity index (χ3v) is 1.05. The molecule has 0 saturated carbocycles. The first-order valence-electron chi connectivity index (χ1n) is 2.67. The van der Waals surface area contributed by atoms with E-state index < -0.39 is 0 Å². The Kier molecular flexibility index (Phi) is 3.45. The zero-order chi connectivity index (χ0) is 5.70. The molecule has 0 amide bonds. The van der Waals surface area contributed by atoms with E-state index in [9.17, 15) is 0 Å². The first-order valence-corrected chi connectivity index (χ1v) is 2.67. The van der Waals surface area contributed by atoms with E-state index in [1.807, 2.05) is 6.08 Å². The van der Waals surface area contributed by atoms with E-state index in [2.05, 4.69) is 26.2 Å². The summed E-state index contributed by atoms with van der Waals surface area (Å²) in [5, 5.41) is 0. The number of hydrogen-bond donors (Lipinski definition) is 0. The molecule has 0 aromatic rings. The van der Waals surface area contributed by atoms with Gasteiger partial charge in [0.25, 0.3) is 0 Å². The van der Waals surface area contributed by atoms with Crippen LogP contribution in [0.5, 0.6) is 0 Å². The summed E-state index contributed by atoms with van der Waals surface area (Å²) in [6, 6.07) is 0. The van der Waals surface area contributed by atoms with Crippen molar-refractivity contribution in [1.82, 2.24) is 0 Å². The normalized spacial score (nSPS) is 12.3. The van der Waals surface area contributed by atoms with Crippen LogP contribution in [0.2, 0.25) is 0 Å². The molecule has 0 heteroatoms. The molecule has 40 valence electrons. The highest BCUT2D eigenvalue weighted by atomic mass is 13.9. The molecule has 7 heavy (non-hydrogen) atoms. The molecule has 0 rings (SSSR count). The fraction of sp³-hybridized carbons (Fsp3) is 0.571. The number of rotatable bonds is 2. The Bertz CT molecular complexity index is 76.0. The minimum atomic E-state index is 0.650. The topological polar surface area (TPSA) is 0 Å². The Balaban J connectivity index is 3.35. The molecule has 0 bridgehead atoms. The van der Waals surface area contributed by atoms with Crippen LogP contribution in [0.25, 0.3) is 0 Å². The van der Waals surface area contributed by atoms with Gasteiger partial charge in [0.1, 0.15) is 0 Å². The van der Waals surface area contributed by atoms with Crippen molar-refractivity contribution in [3.05, 3.63) is 18.4 Å². The minimum Gasteiger partial charge on any atom is -0.133 e. The van der Waals surface area contributed by atoms with Crippen LogP contribution in [0.3, 0.4) is 0 Å². The maximum atomic E-state index is 3.47. The maximum Gasteiger partial charge on any atom is -0.0189 e. The highest BCUT2D eigenvalue weighted by Gasteiger charge is 1.86. The molecular formula is C7H12. The summed E-state index contributed by atoms with van der Waals surface area (Å²) >= 11 is 0. The molecule has 0 aliphatic rings. The van der Waals surface area contributed by atoms with Gasteiger partial charge >= 0.3 is 0 Å². The summed E-state index contributed by atoms with van der Waals surface area (Å²) in [7, 11) is 0. The van der Waals surface area contributed by atoms with Crippen LogP contribution >= 0.6 is 0 Å². The smallest absolute Gasteiger partial charge is 0.0189 e. The van der Waals surface area contributed by atoms with Crippen LogP contribution < -0.4 is 0 Å². The molecule has 0 aliphatic carbocycles. The van der Waals surface area contributed by atoms with Crippen LogP contribution in [0.1, 0.15) is 20.3 Å². The molecule has 0 spiro atoms. The molecule has 0 fully saturated rings.